The summed E-state index contributed by atoms with van der Waals surface area (Å²) in [5.41, 5.74) is 3.48. The van der Waals surface area contributed by atoms with Gasteiger partial charge in [-0.05, 0) is 35.6 Å². The molecule has 0 fully saturated rings. The summed E-state index contributed by atoms with van der Waals surface area (Å²) in [4.78, 5) is 0. The summed E-state index contributed by atoms with van der Waals surface area (Å²) in [6, 6.07) is 18.4. The van der Waals surface area contributed by atoms with Gasteiger partial charge in [0.2, 0.25) is 0 Å². The number of hydrogen-bond donors (Lipinski definition) is 0. The van der Waals surface area contributed by atoms with Crippen molar-refractivity contribution in [1.29, 1.82) is 5.26 Å². The minimum Gasteiger partial charge on any atom is -0.198 e. The zero-order valence-corrected chi connectivity index (χ0v) is 10.8. The highest BCUT2D eigenvalue weighted by atomic mass is 35.5. The lowest BCUT2D eigenvalue weighted by molar-refractivity contribution is 0.852. The van der Waals surface area contributed by atoms with E-state index in [1.165, 1.54) is 11.1 Å². The second-order valence-electron chi connectivity index (χ2n) is 4.14. The number of rotatable bonds is 4. The third-order valence-corrected chi connectivity index (χ3v) is 3.27. The Morgan fingerprint density at radius 1 is 1.00 bits per heavy atom. The fraction of sp³-hybridized carbons (Fsp3) is 0.188. The van der Waals surface area contributed by atoms with Gasteiger partial charge in [-0.3, -0.25) is 0 Å². The van der Waals surface area contributed by atoms with Crippen molar-refractivity contribution in [2.24, 2.45) is 0 Å². The molecule has 0 aliphatic rings. The van der Waals surface area contributed by atoms with Crippen LogP contribution in [0.3, 0.4) is 0 Å². The van der Waals surface area contributed by atoms with Gasteiger partial charge in [-0.25, -0.2) is 0 Å². The molecule has 0 unspecified atom stereocenters. The van der Waals surface area contributed by atoms with Crippen molar-refractivity contribution in [2.45, 2.75) is 19.3 Å². The lowest BCUT2D eigenvalue weighted by Crippen LogP contribution is -1.92. The van der Waals surface area contributed by atoms with Gasteiger partial charge in [-0.2, -0.15) is 5.26 Å². The van der Waals surface area contributed by atoms with E-state index in [4.69, 9.17) is 16.9 Å². The molecule has 0 heterocycles. The van der Waals surface area contributed by atoms with Crippen LogP contribution in [0.1, 0.15) is 18.4 Å². The molecule has 0 bridgehead atoms. The van der Waals surface area contributed by atoms with Crippen LogP contribution in [0.15, 0.2) is 48.5 Å². The zero-order valence-electron chi connectivity index (χ0n) is 10.1. The standard InChI is InChI=1S/C16H14ClN/c17-16-11-6-10-14(13-7-2-1-3-8-13)15(16)9-4-5-12-18/h1-3,6-8,10-11H,4-5,9H2. The molecule has 0 aliphatic heterocycles. The van der Waals surface area contributed by atoms with Gasteiger partial charge >= 0.3 is 0 Å². The number of unbranched alkanes of at least 4 members (excludes halogenated alkanes) is 1. The minimum absolute atomic E-state index is 0.569. The van der Waals surface area contributed by atoms with Gasteiger partial charge < -0.3 is 0 Å². The topological polar surface area (TPSA) is 23.8 Å². The fourth-order valence-corrected chi connectivity index (χ4v) is 2.31. The maximum absolute atomic E-state index is 8.62. The van der Waals surface area contributed by atoms with E-state index < -0.39 is 0 Å². The minimum atomic E-state index is 0.569. The monoisotopic (exact) mass is 255 g/mol. The Morgan fingerprint density at radius 2 is 1.78 bits per heavy atom. The van der Waals surface area contributed by atoms with Crippen molar-refractivity contribution in [1.82, 2.24) is 0 Å². The molecule has 0 saturated heterocycles. The third kappa shape index (κ3) is 2.91. The molecule has 0 aliphatic carbocycles. The fourth-order valence-electron chi connectivity index (χ4n) is 2.05. The Kier molecular flexibility index (Phi) is 4.39. The highest BCUT2D eigenvalue weighted by molar-refractivity contribution is 6.31. The first-order chi connectivity index (χ1) is 8.83. The van der Waals surface area contributed by atoms with Crippen molar-refractivity contribution in [2.75, 3.05) is 0 Å². The van der Waals surface area contributed by atoms with Crippen LogP contribution in [0, 0.1) is 11.3 Å². The van der Waals surface area contributed by atoms with Crippen LogP contribution in [0.5, 0.6) is 0 Å². The SMILES string of the molecule is N#CCCCc1c(Cl)cccc1-c1ccccc1. The van der Waals surface area contributed by atoms with Gasteiger partial charge in [0.05, 0.1) is 6.07 Å². The van der Waals surface area contributed by atoms with E-state index in [0.717, 1.165) is 23.4 Å². The summed E-state index contributed by atoms with van der Waals surface area (Å²) in [6.45, 7) is 0. The quantitative estimate of drug-likeness (QED) is 0.716. The Labute approximate surface area is 113 Å². The normalized spacial score (nSPS) is 10.0. The molecule has 2 rings (SSSR count). The van der Waals surface area contributed by atoms with Gasteiger partial charge in [-0.1, -0.05) is 54.1 Å². The lowest BCUT2D eigenvalue weighted by Gasteiger charge is -2.11. The predicted molar refractivity (Wildman–Crippen MR) is 75.4 cm³/mol. The Balaban J connectivity index is 2.36. The second-order valence-corrected chi connectivity index (χ2v) is 4.55. The predicted octanol–water partition coefficient (Wildman–Crippen LogP) is 4.85. The number of halogens is 1. The average Bonchev–Trinajstić information content (AvgIpc) is 2.42. The molecule has 2 aromatic carbocycles. The van der Waals surface area contributed by atoms with Crippen molar-refractivity contribution < 1.29 is 0 Å². The Morgan fingerprint density at radius 3 is 2.50 bits per heavy atom. The van der Waals surface area contributed by atoms with Crippen LogP contribution in [-0.2, 0) is 6.42 Å². The van der Waals surface area contributed by atoms with Gasteiger partial charge in [0.1, 0.15) is 0 Å². The van der Waals surface area contributed by atoms with Crippen LogP contribution in [0.25, 0.3) is 11.1 Å². The van der Waals surface area contributed by atoms with E-state index in [9.17, 15) is 0 Å². The summed E-state index contributed by atoms with van der Waals surface area (Å²) in [6.07, 6.45) is 2.26. The van der Waals surface area contributed by atoms with Crippen molar-refractivity contribution >= 4 is 11.6 Å². The molecular formula is C16H14ClN. The molecular weight excluding hydrogens is 242 g/mol. The maximum atomic E-state index is 8.62. The summed E-state index contributed by atoms with van der Waals surface area (Å²) in [5, 5.41) is 9.40. The summed E-state index contributed by atoms with van der Waals surface area (Å²) >= 11 is 6.28. The zero-order chi connectivity index (χ0) is 12.8. The van der Waals surface area contributed by atoms with E-state index in [1.807, 2.05) is 30.3 Å². The number of benzene rings is 2. The summed E-state index contributed by atoms with van der Waals surface area (Å²) in [5.74, 6) is 0. The molecule has 0 amide bonds. The van der Waals surface area contributed by atoms with Crippen molar-refractivity contribution in [3.63, 3.8) is 0 Å². The second kappa shape index (κ2) is 6.23. The molecule has 18 heavy (non-hydrogen) atoms. The molecule has 0 radical (unpaired) electrons. The van der Waals surface area contributed by atoms with Crippen LogP contribution in [0.4, 0.5) is 0 Å². The molecule has 2 heteroatoms. The molecule has 0 spiro atoms. The lowest BCUT2D eigenvalue weighted by atomic mass is 9.96. The number of nitrogens with zero attached hydrogens (tertiary/aromatic N) is 1. The molecule has 90 valence electrons. The average molecular weight is 256 g/mol. The van der Waals surface area contributed by atoms with Gasteiger partial charge in [0, 0.05) is 11.4 Å². The maximum Gasteiger partial charge on any atom is 0.0621 e. The first-order valence-corrected chi connectivity index (χ1v) is 6.40. The summed E-state index contributed by atoms with van der Waals surface area (Å²) in [7, 11) is 0. The van der Waals surface area contributed by atoms with Crippen LogP contribution in [0.2, 0.25) is 5.02 Å². The van der Waals surface area contributed by atoms with E-state index >= 15 is 0 Å². The molecule has 0 N–H and O–H groups in total. The van der Waals surface area contributed by atoms with Crippen molar-refractivity contribution in [3.05, 3.63) is 59.1 Å². The first kappa shape index (κ1) is 12.7. The molecule has 2 aromatic rings. The van der Waals surface area contributed by atoms with Gasteiger partial charge in [-0.15, -0.1) is 0 Å². The smallest absolute Gasteiger partial charge is 0.0621 e. The highest BCUT2D eigenvalue weighted by Gasteiger charge is 2.08. The first-order valence-electron chi connectivity index (χ1n) is 6.02. The van der Waals surface area contributed by atoms with E-state index in [0.29, 0.717) is 6.42 Å². The summed E-state index contributed by atoms with van der Waals surface area (Å²) < 4.78 is 0. The van der Waals surface area contributed by atoms with Crippen LogP contribution < -0.4 is 0 Å². The molecule has 1 nitrogen and oxygen atoms in total. The number of nitriles is 1. The van der Waals surface area contributed by atoms with Crippen molar-refractivity contribution in [3.8, 4) is 17.2 Å². The van der Waals surface area contributed by atoms with E-state index in [1.54, 1.807) is 0 Å². The van der Waals surface area contributed by atoms with Crippen LogP contribution in [-0.4, -0.2) is 0 Å². The van der Waals surface area contributed by atoms with Gasteiger partial charge in [0.25, 0.3) is 0 Å². The van der Waals surface area contributed by atoms with E-state index in [2.05, 4.69) is 24.3 Å². The van der Waals surface area contributed by atoms with Gasteiger partial charge in [0.15, 0.2) is 0 Å². The molecule has 0 aromatic heterocycles. The molecule has 0 atom stereocenters. The Hall–Kier alpha value is -1.78. The third-order valence-electron chi connectivity index (χ3n) is 2.92. The van der Waals surface area contributed by atoms with Crippen LogP contribution >= 0.6 is 11.6 Å². The highest BCUT2D eigenvalue weighted by Crippen LogP contribution is 2.30. The van der Waals surface area contributed by atoms with E-state index in [-0.39, 0.29) is 0 Å². The largest absolute Gasteiger partial charge is 0.198 e. The molecule has 0 saturated carbocycles. The Bertz CT molecular complexity index is 555. The number of hydrogen-bond acceptors (Lipinski definition) is 1.